The average Bonchev–Trinajstić information content (AvgIpc) is 4.09. The van der Waals surface area contributed by atoms with Crippen molar-refractivity contribution in [3.8, 4) is 21.9 Å². The summed E-state index contributed by atoms with van der Waals surface area (Å²) in [5, 5.41) is 4.92. The number of nitrogens with zero attached hydrogens (tertiary/aromatic N) is 7. The number of hydrogen-bond donors (Lipinski definition) is 1. The number of hydrogen-bond acceptors (Lipinski definition) is 6. The number of para-hydroxylation sites is 8. The summed E-state index contributed by atoms with van der Waals surface area (Å²) >= 11 is 3.58. The van der Waals surface area contributed by atoms with Gasteiger partial charge in [0, 0.05) is 21.8 Å². The van der Waals surface area contributed by atoms with Crippen molar-refractivity contribution in [2.45, 2.75) is 10.3 Å². The van der Waals surface area contributed by atoms with Gasteiger partial charge in [-0.3, -0.25) is 17.9 Å². The standard InChI is InChI=1S/C46H28N8S2/c1-3-11-35-31(9-1)49-45-51(37-13-5-7-15-39(37)53(35)45)29-21-17-27(18-22-29)43-47-33-25-42-34(26-41(33)55-43)48-44(56-42)28-19-23-30(24-20-28)52-38-14-6-8-16-40(38)54-36-12-4-2-10-32(36)50-46(52)54/h1-26,43,47H. The number of thiazole rings is 1. The molecule has 5 aromatic heterocycles. The molecular formula is C46H28N8S2. The van der Waals surface area contributed by atoms with Crippen LogP contribution in [0, 0.1) is 0 Å². The molecule has 12 aromatic rings. The Hall–Kier alpha value is -6.88. The fourth-order valence-electron chi connectivity index (χ4n) is 8.50. The van der Waals surface area contributed by atoms with E-state index >= 15 is 0 Å². The van der Waals surface area contributed by atoms with Crippen molar-refractivity contribution in [2.75, 3.05) is 5.32 Å². The molecule has 0 saturated carbocycles. The minimum Gasteiger partial charge on any atom is -0.368 e. The molecule has 0 fully saturated rings. The van der Waals surface area contributed by atoms with Crippen LogP contribution in [0.1, 0.15) is 10.9 Å². The van der Waals surface area contributed by atoms with Crippen molar-refractivity contribution in [3.05, 3.63) is 163 Å². The molecule has 0 bridgehead atoms. The molecule has 56 heavy (non-hydrogen) atoms. The van der Waals surface area contributed by atoms with E-state index in [1.807, 2.05) is 23.9 Å². The molecule has 0 aliphatic carbocycles. The Morgan fingerprint density at radius 2 is 1.00 bits per heavy atom. The van der Waals surface area contributed by atoms with E-state index in [-0.39, 0.29) is 5.37 Å². The summed E-state index contributed by atoms with van der Waals surface area (Å²) in [5.41, 5.74) is 15.4. The van der Waals surface area contributed by atoms with E-state index in [1.165, 1.54) is 15.2 Å². The van der Waals surface area contributed by atoms with Gasteiger partial charge in [-0.25, -0.2) is 15.0 Å². The van der Waals surface area contributed by atoms with Gasteiger partial charge < -0.3 is 5.32 Å². The van der Waals surface area contributed by atoms with E-state index in [9.17, 15) is 0 Å². The summed E-state index contributed by atoms with van der Waals surface area (Å²) in [6, 6.07) is 55.8. The summed E-state index contributed by atoms with van der Waals surface area (Å²) in [4.78, 5) is 16.4. The number of imidazole rings is 4. The maximum Gasteiger partial charge on any atom is 0.220 e. The van der Waals surface area contributed by atoms with E-state index in [4.69, 9.17) is 15.0 Å². The normalized spacial score (nSPS) is 14.3. The predicted octanol–water partition coefficient (Wildman–Crippen LogP) is 11.7. The van der Waals surface area contributed by atoms with Crippen molar-refractivity contribution in [1.82, 2.24) is 32.9 Å². The van der Waals surface area contributed by atoms with Gasteiger partial charge in [0.05, 0.1) is 60.0 Å². The zero-order valence-electron chi connectivity index (χ0n) is 29.5. The van der Waals surface area contributed by atoms with Crippen LogP contribution in [-0.4, -0.2) is 32.9 Å². The molecule has 0 radical (unpaired) electrons. The maximum atomic E-state index is 5.13. The van der Waals surface area contributed by atoms with Gasteiger partial charge >= 0.3 is 0 Å². The molecule has 10 heteroatoms. The quantitative estimate of drug-likeness (QED) is 0.194. The summed E-state index contributed by atoms with van der Waals surface area (Å²) in [7, 11) is 0. The SMILES string of the molecule is c1ccc2c(c1)nc1n(-c3ccc(-c4nc5cc6c(cc5s4)NC(c4ccc(-n5c7ccccc7n7c8ccccc8nc57)cc4)S6)cc3)c3ccccc3n21. The van der Waals surface area contributed by atoms with Crippen molar-refractivity contribution >= 4 is 94.7 Å². The van der Waals surface area contributed by atoms with Crippen LogP contribution < -0.4 is 5.32 Å². The fourth-order valence-corrected chi connectivity index (χ4v) is 10.6. The van der Waals surface area contributed by atoms with Gasteiger partial charge in [0.15, 0.2) is 0 Å². The lowest BCUT2D eigenvalue weighted by atomic mass is 10.2. The largest absolute Gasteiger partial charge is 0.368 e. The second kappa shape index (κ2) is 11.3. The number of fused-ring (bicyclic) bond motifs is 12. The number of aromatic nitrogens is 7. The Bertz CT molecular complexity index is 3510. The number of rotatable bonds is 4. The molecule has 8 nitrogen and oxygen atoms in total. The lowest BCUT2D eigenvalue weighted by Crippen LogP contribution is -2.02. The molecule has 1 aliphatic heterocycles. The smallest absolute Gasteiger partial charge is 0.220 e. The highest BCUT2D eigenvalue weighted by molar-refractivity contribution is 8.00. The Morgan fingerprint density at radius 3 is 1.59 bits per heavy atom. The Kier molecular flexibility index (Phi) is 6.16. The van der Waals surface area contributed by atoms with Crippen molar-refractivity contribution in [3.63, 3.8) is 0 Å². The summed E-state index contributed by atoms with van der Waals surface area (Å²) in [5.74, 6) is 1.83. The first kappa shape index (κ1) is 30.4. The molecule has 1 atom stereocenters. The Balaban J connectivity index is 0.795. The maximum absolute atomic E-state index is 5.13. The Labute approximate surface area is 326 Å². The van der Waals surface area contributed by atoms with Crippen molar-refractivity contribution in [1.29, 1.82) is 0 Å². The van der Waals surface area contributed by atoms with E-state index in [0.717, 1.165) is 88.8 Å². The van der Waals surface area contributed by atoms with Crippen LogP contribution >= 0.6 is 23.1 Å². The van der Waals surface area contributed by atoms with Gasteiger partial charge in [-0.05, 0) is 103 Å². The number of anilines is 1. The molecule has 1 unspecified atom stereocenters. The van der Waals surface area contributed by atoms with Crippen LogP contribution in [-0.2, 0) is 0 Å². The van der Waals surface area contributed by atoms with E-state index in [2.05, 4.69) is 169 Å². The summed E-state index contributed by atoms with van der Waals surface area (Å²) < 4.78 is 10.2. The van der Waals surface area contributed by atoms with Gasteiger partial charge in [-0.15, -0.1) is 11.3 Å². The molecule has 13 rings (SSSR count). The number of thioether (sulfide) groups is 1. The summed E-state index contributed by atoms with van der Waals surface area (Å²) in [6.07, 6.45) is 0. The molecule has 0 amide bonds. The second-order valence-corrected chi connectivity index (χ2v) is 16.4. The van der Waals surface area contributed by atoms with E-state index in [1.54, 1.807) is 11.3 Å². The first-order chi connectivity index (χ1) is 27.7. The highest BCUT2D eigenvalue weighted by Crippen LogP contribution is 2.49. The molecular weight excluding hydrogens is 729 g/mol. The highest BCUT2D eigenvalue weighted by atomic mass is 32.2. The topological polar surface area (TPSA) is 69.4 Å². The van der Waals surface area contributed by atoms with Crippen LogP contribution in [0.15, 0.2) is 163 Å². The molecule has 0 spiro atoms. The monoisotopic (exact) mass is 756 g/mol. The van der Waals surface area contributed by atoms with Gasteiger partial charge in [0.1, 0.15) is 10.4 Å². The first-order valence-electron chi connectivity index (χ1n) is 18.6. The Morgan fingerprint density at radius 1 is 0.482 bits per heavy atom. The van der Waals surface area contributed by atoms with Crippen molar-refractivity contribution in [2.24, 2.45) is 0 Å². The average molecular weight is 757 g/mol. The minimum absolute atomic E-state index is 0.113. The third-order valence-corrected chi connectivity index (χ3v) is 13.3. The van der Waals surface area contributed by atoms with Gasteiger partial charge in [0.25, 0.3) is 0 Å². The minimum atomic E-state index is 0.113. The third-order valence-electron chi connectivity index (χ3n) is 11.1. The van der Waals surface area contributed by atoms with E-state index < -0.39 is 0 Å². The lowest BCUT2D eigenvalue weighted by molar-refractivity contribution is 1.09. The molecule has 0 saturated heterocycles. The van der Waals surface area contributed by atoms with E-state index in [0.29, 0.717) is 0 Å². The highest BCUT2D eigenvalue weighted by Gasteiger charge is 2.25. The molecule has 6 heterocycles. The second-order valence-electron chi connectivity index (χ2n) is 14.2. The zero-order chi connectivity index (χ0) is 36.5. The zero-order valence-corrected chi connectivity index (χ0v) is 31.2. The van der Waals surface area contributed by atoms with Gasteiger partial charge in [-0.2, -0.15) is 0 Å². The number of benzene rings is 7. The van der Waals surface area contributed by atoms with Crippen LogP contribution in [0.3, 0.4) is 0 Å². The summed E-state index contributed by atoms with van der Waals surface area (Å²) in [6.45, 7) is 0. The first-order valence-corrected chi connectivity index (χ1v) is 20.3. The van der Waals surface area contributed by atoms with Gasteiger partial charge in [0.2, 0.25) is 11.6 Å². The van der Waals surface area contributed by atoms with Crippen LogP contribution in [0.5, 0.6) is 0 Å². The fraction of sp³-hybridized carbons (Fsp3) is 0.0217. The van der Waals surface area contributed by atoms with Crippen molar-refractivity contribution < 1.29 is 0 Å². The molecule has 1 N–H and O–H groups in total. The molecule has 7 aromatic carbocycles. The lowest BCUT2D eigenvalue weighted by Gasteiger charge is -2.12. The van der Waals surface area contributed by atoms with Gasteiger partial charge in [-0.1, -0.05) is 72.4 Å². The number of nitrogens with one attached hydrogen (secondary N) is 1. The van der Waals surface area contributed by atoms with Crippen LogP contribution in [0.2, 0.25) is 0 Å². The van der Waals surface area contributed by atoms with Crippen LogP contribution in [0.25, 0.3) is 87.9 Å². The molecule has 264 valence electrons. The predicted molar refractivity (Wildman–Crippen MR) is 230 cm³/mol. The molecule has 1 aliphatic rings. The third kappa shape index (κ3) is 4.27. The van der Waals surface area contributed by atoms with Crippen LogP contribution in [0.4, 0.5) is 5.69 Å².